The van der Waals surface area contributed by atoms with E-state index < -0.39 is 6.10 Å². The van der Waals surface area contributed by atoms with E-state index in [9.17, 15) is 9.90 Å². The van der Waals surface area contributed by atoms with E-state index in [1.54, 1.807) is 0 Å². The SMILES string of the molecule is CCCC(C)COC(=O)[C@@H]1C[C@H](O)CN1. The number of hydrogen-bond acceptors (Lipinski definition) is 4. The van der Waals surface area contributed by atoms with Crippen molar-refractivity contribution in [2.75, 3.05) is 13.2 Å². The van der Waals surface area contributed by atoms with Gasteiger partial charge in [0.25, 0.3) is 0 Å². The molecule has 0 amide bonds. The van der Waals surface area contributed by atoms with Gasteiger partial charge in [-0.2, -0.15) is 0 Å². The van der Waals surface area contributed by atoms with E-state index in [2.05, 4.69) is 19.2 Å². The molecule has 1 heterocycles. The van der Waals surface area contributed by atoms with Crippen LogP contribution in [0, 0.1) is 5.92 Å². The average molecular weight is 215 g/mol. The summed E-state index contributed by atoms with van der Waals surface area (Å²) in [5, 5.41) is 12.2. The summed E-state index contributed by atoms with van der Waals surface area (Å²) in [5.41, 5.74) is 0. The van der Waals surface area contributed by atoms with Crippen molar-refractivity contribution in [3.63, 3.8) is 0 Å². The molecule has 1 fully saturated rings. The molecule has 0 radical (unpaired) electrons. The molecular weight excluding hydrogens is 194 g/mol. The van der Waals surface area contributed by atoms with Crippen LogP contribution in [0.3, 0.4) is 0 Å². The lowest BCUT2D eigenvalue weighted by Gasteiger charge is -2.13. The maximum Gasteiger partial charge on any atom is 0.323 e. The highest BCUT2D eigenvalue weighted by Gasteiger charge is 2.29. The number of aliphatic hydroxyl groups excluding tert-OH is 1. The molecule has 0 aliphatic carbocycles. The average Bonchev–Trinajstić information content (AvgIpc) is 2.62. The van der Waals surface area contributed by atoms with Crippen molar-refractivity contribution in [1.82, 2.24) is 5.32 Å². The van der Waals surface area contributed by atoms with Crippen LogP contribution >= 0.6 is 0 Å². The minimum Gasteiger partial charge on any atom is -0.464 e. The molecule has 1 saturated heterocycles. The number of β-amino-alcohol motifs (C(OH)–C–C–N with tert-alkyl or cyclic N) is 1. The van der Waals surface area contributed by atoms with E-state index in [0.29, 0.717) is 25.5 Å². The van der Waals surface area contributed by atoms with Crippen molar-refractivity contribution in [2.24, 2.45) is 5.92 Å². The number of rotatable bonds is 5. The van der Waals surface area contributed by atoms with Gasteiger partial charge in [0, 0.05) is 13.0 Å². The topological polar surface area (TPSA) is 58.6 Å². The zero-order chi connectivity index (χ0) is 11.3. The van der Waals surface area contributed by atoms with E-state index in [1.807, 2.05) is 0 Å². The first kappa shape index (κ1) is 12.5. The fraction of sp³-hybridized carbons (Fsp3) is 0.909. The molecule has 88 valence electrons. The monoisotopic (exact) mass is 215 g/mol. The molecular formula is C11H21NO3. The quantitative estimate of drug-likeness (QED) is 0.662. The molecule has 1 rings (SSSR count). The summed E-state index contributed by atoms with van der Waals surface area (Å²) in [7, 11) is 0. The summed E-state index contributed by atoms with van der Waals surface area (Å²) in [5.74, 6) is 0.194. The van der Waals surface area contributed by atoms with Crippen LogP contribution in [0.4, 0.5) is 0 Å². The first-order valence-corrected chi connectivity index (χ1v) is 5.71. The molecule has 1 unspecified atom stereocenters. The van der Waals surface area contributed by atoms with Gasteiger partial charge >= 0.3 is 5.97 Å². The first-order valence-electron chi connectivity index (χ1n) is 5.71. The maximum atomic E-state index is 11.5. The Balaban J connectivity index is 2.18. The van der Waals surface area contributed by atoms with Crippen LogP contribution in [-0.4, -0.2) is 36.4 Å². The Morgan fingerprint density at radius 3 is 2.93 bits per heavy atom. The van der Waals surface area contributed by atoms with Gasteiger partial charge in [0.1, 0.15) is 6.04 Å². The Hall–Kier alpha value is -0.610. The van der Waals surface area contributed by atoms with Gasteiger partial charge in [-0.1, -0.05) is 20.3 Å². The van der Waals surface area contributed by atoms with Crippen molar-refractivity contribution >= 4 is 5.97 Å². The van der Waals surface area contributed by atoms with Crippen LogP contribution in [0.5, 0.6) is 0 Å². The van der Waals surface area contributed by atoms with Gasteiger partial charge in [0.15, 0.2) is 0 Å². The normalized spacial score (nSPS) is 27.7. The van der Waals surface area contributed by atoms with Crippen LogP contribution in [0.25, 0.3) is 0 Å². The van der Waals surface area contributed by atoms with Crippen molar-refractivity contribution in [3.8, 4) is 0 Å². The lowest BCUT2D eigenvalue weighted by atomic mass is 10.1. The van der Waals surface area contributed by atoms with E-state index in [1.165, 1.54) is 0 Å². The molecule has 1 aliphatic rings. The fourth-order valence-electron chi connectivity index (χ4n) is 1.80. The van der Waals surface area contributed by atoms with Gasteiger partial charge in [0.05, 0.1) is 12.7 Å². The summed E-state index contributed by atoms with van der Waals surface area (Å²) < 4.78 is 5.18. The van der Waals surface area contributed by atoms with E-state index in [0.717, 1.165) is 12.8 Å². The molecule has 0 aromatic carbocycles. The second kappa shape index (κ2) is 6.08. The standard InChI is InChI=1S/C11H21NO3/c1-3-4-8(2)7-15-11(14)10-5-9(13)6-12-10/h8-10,12-13H,3-7H2,1-2H3/t8?,9-,10-/m0/s1. The van der Waals surface area contributed by atoms with Crippen LogP contribution in [0.2, 0.25) is 0 Å². The van der Waals surface area contributed by atoms with Crippen LogP contribution in [0.1, 0.15) is 33.1 Å². The van der Waals surface area contributed by atoms with Gasteiger partial charge in [-0.25, -0.2) is 0 Å². The number of hydrogen-bond donors (Lipinski definition) is 2. The lowest BCUT2D eigenvalue weighted by Crippen LogP contribution is -2.33. The molecule has 2 N–H and O–H groups in total. The third kappa shape index (κ3) is 4.18. The minimum atomic E-state index is -0.407. The van der Waals surface area contributed by atoms with Gasteiger partial charge in [-0.3, -0.25) is 4.79 Å². The summed E-state index contributed by atoms with van der Waals surface area (Å²) in [6.45, 7) is 5.17. The second-order valence-corrected chi connectivity index (χ2v) is 4.37. The van der Waals surface area contributed by atoms with E-state index in [-0.39, 0.29) is 12.0 Å². The number of carbonyl (C=O) groups is 1. The van der Waals surface area contributed by atoms with Crippen LogP contribution < -0.4 is 5.32 Å². The highest BCUT2D eigenvalue weighted by atomic mass is 16.5. The molecule has 1 aliphatic heterocycles. The Labute approximate surface area is 91.0 Å². The zero-order valence-electron chi connectivity index (χ0n) is 9.53. The maximum absolute atomic E-state index is 11.5. The third-order valence-corrected chi connectivity index (χ3v) is 2.68. The predicted octanol–water partition coefficient (Wildman–Crippen LogP) is 0.689. The fourth-order valence-corrected chi connectivity index (χ4v) is 1.80. The lowest BCUT2D eigenvalue weighted by molar-refractivity contribution is -0.147. The Morgan fingerprint density at radius 1 is 1.67 bits per heavy atom. The summed E-state index contributed by atoms with van der Waals surface area (Å²) in [6, 6.07) is -0.311. The number of esters is 1. The van der Waals surface area contributed by atoms with Crippen LogP contribution in [-0.2, 0) is 9.53 Å². The first-order chi connectivity index (χ1) is 7.13. The summed E-state index contributed by atoms with van der Waals surface area (Å²) in [4.78, 5) is 11.5. The number of ether oxygens (including phenoxy) is 1. The Morgan fingerprint density at radius 2 is 2.40 bits per heavy atom. The van der Waals surface area contributed by atoms with Gasteiger partial charge in [0.2, 0.25) is 0 Å². The Bertz CT molecular complexity index is 208. The largest absolute Gasteiger partial charge is 0.464 e. The van der Waals surface area contributed by atoms with Crippen molar-refractivity contribution in [1.29, 1.82) is 0 Å². The van der Waals surface area contributed by atoms with E-state index >= 15 is 0 Å². The number of carbonyl (C=O) groups excluding carboxylic acids is 1. The van der Waals surface area contributed by atoms with E-state index in [4.69, 9.17) is 4.74 Å². The van der Waals surface area contributed by atoms with Crippen LogP contribution in [0.15, 0.2) is 0 Å². The van der Waals surface area contributed by atoms with Gasteiger partial charge < -0.3 is 15.2 Å². The van der Waals surface area contributed by atoms with Gasteiger partial charge in [-0.05, 0) is 12.3 Å². The molecule has 0 saturated carbocycles. The number of aliphatic hydroxyl groups is 1. The highest BCUT2D eigenvalue weighted by Crippen LogP contribution is 2.10. The van der Waals surface area contributed by atoms with Crippen molar-refractivity contribution in [3.05, 3.63) is 0 Å². The van der Waals surface area contributed by atoms with Gasteiger partial charge in [-0.15, -0.1) is 0 Å². The summed E-state index contributed by atoms with van der Waals surface area (Å²) in [6.07, 6.45) is 2.25. The zero-order valence-corrected chi connectivity index (χ0v) is 9.53. The highest BCUT2D eigenvalue weighted by molar-refractivity contribution is 5.76. The number of nitrogens with one attached hydrogen (secondary N) is 1. The molecule has 15 heavy (non-hydrogen) atoms. The predicted molar refractivity (Wildman–Crippen MR) is 57.4 cm³/mol. The minimum absolute atomic E-state index is 0.227. The third-order valence-electron chi connectivity index (χ3n) is 2.68. The van der Waals surface area contributed by atoms with Crippen molar-refractivity contribution < 1.29 is 14.6 Å². The molecule has 4 heteroatoms. The van der Waals surface area contributed by atoms with Crippen molar-refractivity contribution in [2.45, 2.75) is 45.3 Å². The smallest absolute Gasteiger partial charge is 0.323 e. The second-order valence-electron chi connectivity index (χ2n) is 4.37. The molecule has 3 atom stereocenters. The Kier molecular flexibility index (Phi) is 5.05. The summed E-state index contributed by atoms with van der Waals surface area (Å²) >= 11 is 0. The molecule has 4 nitrogen and oxygen atoms in total. The molecule has 0 spiro atoms. The molecule has 0 bridgehead atoms. The molecule has 0 aromatic heterocycles. The molecule has 0 aromatic rings.